The number of nitrogens with zero attached hydrogens (tertiary/aromatic N) is 1. The van der Waals surface area contributed by atoms with Crippen LogP contribution in [0, 0.1) is 5.92 Å². The van der Waals surface area contributed by atoms with Crippen LogP contribution in [0.2, 0.25) is 0 Å². The molecule has 1 aliphatic heterocycles. The molecular formula is C13H18N2O3. The van der Waals surface area contributed by atoms with Crippen LogP contribution in [0.3, 0.4) is 0 Å². The minimum atomic E-state index is -0.327. The highest BCUT2D eigenvalue weighted by atomic mass is 16.5. The number of aromatic hydroxyl groups is 1. The number of ether oxygens (including phenoxy) is 1. The summed E-state index contributed by atoms with van der Waals surface area (Å²) >= 11 is 0. The van der Waals surface area contributed by atoms with Gasteiger partial charge in [-0.15, -0.1) is 0 Å². The Labute approximate surface area is 106 Å². The van der Waals surface area contributed by atoms with Gasteiger partial charge in [-0.1, -0.05) is 0 Å². The third kappa shape index (κ3) is 2.98. The molecule has 2 rings (SSSR count). The summed E-state index contributed by atoms with van der Waals surface area (Å²) in [6.07, 6.45) is 3.40. The van der Waals surface area contributed by atoms with Crippen LogP contribution < -0.4 is 5.32 Å². The lowest BCUT2D eigenvalue weighted by molar-refractivity contribution is 0.0537. The highest BCUT2D eigenvalue weighted by Crippen LogP contribution is 2.19. The molecule has 0 radical (unpaired) electrons. The number of hydrogen-bond donors (Lipinski definition) is 2. The van der Waals surface area contributed by atoms with Crippen molar-refractivity contribution in [3.8, 4) is 5.75 Å². The second kappa shape index (κ2) is 5.82. The van der Waals surface area contributed by atoms with Gasteiger partial charge in [0.1, 0.15) is 5.75 Å². The van der Waals surface area contributed by atoms with E-state index in [1.165, 1.54) is 12.3 Å². The SMILES string of the molecule is CC(NC(=O)c1ncccc1O)C1CCOCC1. The molecule has 1 aromatic rings. The Balaban J connectivity index is 1.96. The maximum atomic E-state index is 12.0. The Morgan fingerprint density at radius 1 is 1.56 bits per heavy atom. The van der Waals surface area contributed by atoms with Crippen LogP contribution in [-0.4, -0.2) is 35.3 Å². The first-order valence-electron chi connectivity index (χ1n) is 6.21. The predicted octanol–water partition coefficient (Wildman–Crippen LogP) is 1.33. The summed E-state index contributed by atoms with van der Waals surface area (Å²) in [5.74, 6) is 0.00910. The summed E-state index contributed by atoms with van der Waals surface area (Å²) in [7, 11) is 0. The Kier molecular flexibility index (Phi) is 4.15. The number of carbonyl (C=O) groups is 1. The van der Waals surface area contributed by atoms with Crippen molar-refractivity contribution in [2.45, 2.75) is 25.8 Å². The third-order valence-electron chi connectivity index (χ3n) is 3.33. The molecule has 1 amide bonds. The summed E-state index contributed by atoms with van der Waals surface area (Å²) in [5, 5.41) is 12.5. The van der Waals surface area contributed by atoms with E-state index in [-0.39, 0.29) is 23.4 Å². The molecule has 0 aliphatic carbocycles. The Hall–Kier alpha value is -1.62. The largest absolute Gasteiger partial charge is 0.505 e. The normalized spacial score (nSPS) is 18.3. The van der Waals surface area contributed by atoms with E-state index < -0.39 is 0 Å². The van der Waals surface area contributed by atoms with Crippen molar-refractivity contribution in [2.24, 2.45) is 5.92 Å². The number of rotatable bonds is 3. The van der Waals surface area contributed by atoms with Gasteiger partial charge >= 0.3 is 0 Å². The van der Waals surface area contributed by atoms with E-state index in [2.05, 4.69) is 10.3 Å². The fourth-order valence-corrected chi connectivity index (χ4v) is 2.18. The standard InChI is InChI=1S/C13H18N2O3/c1-9(10-4-7-18-8-5-10)15-13(17)12-11(16)3-2-6-14-12/h2-3,6,9-10,16H,4-5,7-8H2,1H3,(H,15,17). The summed E-state index contributed by atoms with van der Waals surface area (Å²) < 4.78 is 5.29. The molecule has 18 heavy (non-hydrogen) atoms. The lowest BCUT2D eigenvalue weighted by atomic mass is 9.93. The zero-order valence-electron chi connectivity index (χ0n) is 10.4. The molecule has 0 bridgehead atoms. The number of amides is 1. The zero-order chi connectivity index (χ0) is 13.0. The van der Waals surface area contributed by atoms with Crippen molar-refractivity contribution >= 4 is 5.91 Å². The van der Waals surface area contributed by atoms with Gasteiger partial charge in [0.25, 0.3) is 5.91 Å². The molecule has 1 saturated heterocycles. The summed E-state index contributed by atoms with van der Waals surface area (Å²) in [6.45, 7) is 3.48. The van der Waals surface area contributed by atoms with Crippen LogP contribution in [0.25, 0.3) is 0 Å². The first-order chi connectivity index (χ1) is 8.68. The lowest BCUT2D eigenvalue weighted by Gasteiger charge is -2.28. The summed E-state index contributed by atoms with van der Waals surface area (Å²) in [4.78, 5) is 15.8. The monoisotopic (exact) mass is 250 g/mol. The van der Waals surface area contributed by atoms with E-state index in [1.807, 2.05) is 6.92 Å². The average Bonchev–Trinajstić information content (AvgIpc) is 2.40. The van der Waals surface area contributed by atoms with Crippen LogP contribution in [0.4, 0.5) is 0 Å². The van der Waals surface area contributed by atoms with Crippen molar-refractivity contribution in [1.29, 1.82) is 0 Å². The summed E-state index contributed by atoms with van der Waals surface area (Å²) in [6, 6.07) is 3.11. The van der Waals surface area contributed by atoms with E-state index in [0.717, 1.165) is 26.1 Å². The first-order valence-corrected chi connectivity index (χ1v) is 6.21. The van der Waals surface area contributed by atoms with Crippen LogP contribution in [0.15, 0.2) is 18.3 Å². The number of pyridine rings is 1. The first kappa shape index (κ1) is 12.8. The van der Waals surface area contributed by atoms with E-state index in [1.54, 1.807) is 6.07 Å². The molecular weight excluding hydrogens is 232 g/mol. The van der Waals surface area contributed by atoms with Crippen LogP contribution >= 0.6 is 0 Å². The second-order valence-electron chi connectivity index (χ2n) is 4.58. The number of carbonyl (C=O) groups excluding carboxylic acids is 1. The molecule has 1 aliphatic rings. The molecule has 98 valence electrons. The van der Waals surface area contributed by atoms with Crippen molar-refractivity contribution in [2.75, 3.05) is 13.2 Å². The average molecular weight is 250 g/mol. The molecule has 0 spiro atoms. The smallest absolute Gasteiger partial charge is 0.273 e. The van der Waals surface area contributed by atoms with Crippen molar-refractivity contribution < 1.29 is 14.6 Å². The van der Waals surface area contributed by atoms with Gasteiger partial charge in [-0.2, -0.15) is 0 Å². The molecule has 2 heterocycles. The number of nitrogens with one attached hydrogen (secondary N) is 1. The van der Waals surface area contributed by atoms with Gasteiger partial charge in [0.15, 0.2) is 5.69 Å². The van der Waals surface area contributed by atoms with Crippen LogP contribution in [0.5, 0.6) is 5.75 Å². The van der Waals surface area contributed by atoms with Gasteiger partial charge in [-0.25, -0.2) is 4.98 Å². The fourth-order valence-electron chi connectivity index (χ4n) is 2.18. The van der Waals surface area contributed by atoms with Crippen molar-refractivity contribution in [3.63, 3.8) is 0 Å². The molecule has 5 heteroatoms. The summed E-state index contributed by atoms with van der Waals surface area (Å²) in [5.41, 5.74) is 0.0800. The van der Waals surface area contributed by atoms with Crippen molar-refractivity contribution in [1.82, 2.24) is 10.3 Å². The topological polar surface area (TPSA) is 71.5 Å². The van der Waals surface area contributed by atoms with Gasteiger partial charge < -0.3 is 15.2 Å². The van der Waals surface area contributed by atoms with Crippen LogP contribution in [0.1, 0.15) is 30.3 Å². The molecule has 5 nitrogen and oxygen atoms in total. The highest BCUT2D eigenvalue weighted by molar-refractivity contribution is 5.94. The van der Waals surface area contributed by atoms with Gasteiger partial charge in [-0.3, -0.25) is 4.79 Å². The van der Waals surface area contributed by atoms with E-state index in [0.29, 0.717) is 5.92 Å². The minimum absolute atomic E-state index is 0.0582. The van der Waals surface area contributed by atoms with Gasteiger partial charge in [0, 0.05) is 25.5 Å². The molecule has 2 N–H and O–H groups in total. The lowest BCUT2D eigenvalue weighted by Crippen LogP contribution is -2.40. The number of hydrogen-bond acceptors (Lipinski definition) is 4. The van der Waals surface area contributed by atoms with E-state index in [9.17, 15) is 9.90 Å². The molecule has 1 unspecified atom stereocenters. The van der Waals surface area contributed by atoms with E-state index >= 15 is 0 Å². The zero-order valence-corrected chi connectivity index (χ0v) is 10.4. The van der Waals surface area contributed by atoms with Gasteiger partial charge in [0.05, 0.1) is 0 Å². The Bertz CT molecular complexity index is 416. The van der Waals surface area contributed by atoms with Gasteiger partial charge in [-0.05, 0) is 37.8 Å². The maximum absolute atomic E-state index is 12.0. The van der Waals surface area contributed by atoms with Crippen molar-refractivity contribution in [3.05, 3.63) is 24.0 Å². The minimum Gasteiger partial charge on any atom is -0.505 e. The number of aromatic nitrogens is 1. The molecule has 1 atom stereocenters. The quantitative estimate of drug-likeness (QED) is 0.849. The van der Waals surface area contributed by atoms with Crippen LogP contribution in [-0.2, 0) is 4.74 Å². The molecule has 0 saturated carbocycles. The molecule has 1 aromatic heterocycles. The van der Waals surface area contributed by atoms with Gasteiger partial charge in [0.2, 0.25) is 0 Å². The maximum Gasteiger partial charge on any atom is 0.273 e. The Morgan fingerprint density at radius 3 is 2.94 bits per heavy atom. The predicted molar refractivity (Wildman–Crippen MR) is 66.4 cm³/mol. The Morgan fingerprint density at radius 2 is 2.28 bits per heavy atom. The molecule has 0 aromatic carbocycles. The third-order valence-corrected chi connectivity index (χ3v) is 3.33. The molecule has 1 fully saturated rings. The highest BCUT2D eigenvalue weighted by Gasteiger charge is 2.23. The second-order valence-corrected chi connectivity index (χ2v) is 4.58. The van der Waals surface area contributed by atoms with E-state index in [4.69, 9.17) is 4.74 Å². The fraction of sp³-hybridized carbons (Fsp3) is 0.538.